The molecule has 3 amide bonds. The molecule has 0 aliphatic carbocycles. The van der Waals surface area contributed by atoms with E-state index in [1.807, 2.05) is 51.1 Å². The number of para-hydroxylation sites is 1. The van der Waals surface area contributed by atoms with Crippen LogP contribution in [0.15, 0.2) is 30.3 Å². The van der Waals surface area contributed by atoms with Crippen LogP contribution in [0.3, 0.4) is 0 Å². The van der Waals surface area contributed by atoms with Crippen LogP contribution in [-0.2, 0) is 17.7 Å². The van der Waals surface area contributed by atoms with E-state index in [4.69, 9.17) is 4.74 Å². The molecule has 10 heteroatoms. The number of carbonyl (C=O) groups is 3. The fourth-order valence-electron chi connectivity index (χ4n) is 4.69. The van der Waals surface area contributed by atoms with Crippen LogP contribution in [-0.4, -0.2) is 74.2 Å². The number of aromatic nitrogens is 3. The summed E-state index contributed by atoms with van der Waals surface area (Å²) in [6.07, 6.45) is 0.757. The zero-order valence-electron chi connectivity index (χ0n) is 20.2. The summed E-state index contributed by atoms with van der Waals surface area (Å²) in [5.74, 6) is -0.301. The van der Waals surface area contributed by atoms with E-state index < -0.39 is 11.7 Å². The van der Waals surface area contributed by atoms with Gasteiger partial charge in [0.15, 0.2) is 5.69 Å². The highest BCUT2D eigenvalue weighted by Crippen LogP contribution is 2.25. The number of ether oxygens (including phenoxy) is 1. The third-order valence-corrected chi connectivity index (χ3v) is 6.38. The van der Waals surface area contributed by atoms with E-state index in [1.54, 1.807) is 9.80 Å². The Hall–Kier alpha value is -3.82. The first-order valence-corrected chi connectivity index (χ1v) is 11.9. The monoisotopic (exact) mass is 478 g/mol. The van der Waals surface area contributed by atoms with E-state index in [9.17, 15) is 14.4 Å². The molecule has 1 atom stereocenters. The van der Waals surface area contributed by atoms with Crippen molar-refractivity contribution in [1.82, 2.24) is 30.3 Å². The number of alkyl carbamates (subject to hydrolysis) is 1. The number of fused-ring (bicyclic) bond motifs is 2. The second-order valence-corrected chi connectivity index (χ2v) is 10.2. The lowest BCUT2D eigenvalue weighted by molar-refractivity contribution is 0.0502. The van der Waals surface area contributed by atoms with Crippen LogP contribution in [0.2, 0.25) is 0 Å². The second kappa shape index (κ2) is 8.75. The molecule has 10 nitrogen and oxygen atoms in total. The molecule has 0 radical (unpaired) electrons. The van der Waals surface area contributed by atoms with Gasteiger partial charge in [-0.05, 0) is 39.3 Å². The van der Waals surface area contributed by atoms with Gasteiger partial charge in [0.1, 0.15) is 11.3 Å². The van der Waals surface area contributed by atoms with Gasteiger partial charge in [0.05, 0.1) is 12.6 Å². The molecule has 0 bridgehead atoms. The smallest absolute Gasteiger partial charge is 0.407 e. The Balaban J connectivity index is 1.26. The van der Waals surface area contributed by atoms with Crippen LogP contribution < -0.4 is 5.32 Å². The summed E-state index contributed by atoms with van der Waals surface area (Å²) >= 11 is 0. The van der Waals surface area contributed by atoms with Crippen LogP contribution in [0.1, 0.15) is 59.4 Å². The van der Waals surface area contributed by atoms with Gasteiger partial charge < -0.3 is 24.8 Å². The van der Waals surface area contributed by atoms with Gasteiger partial charge in [-0.2, -0.15) is 5.10 Å². The van der Waals surface area contributed by atoms with E-state index in [2.05, 4.69) is 20.5 Å². The largest absolute Gasteiger partial charge is 0.444 e. The van der Waals surface area contributed by atoms with Crippen molar-refractivity contribution in [1.29, 1.82) is 0 Å². The summed E-state index contributed by atoms with van der Waals surface area (Å²) in [7, 11) is 0. The van der Waals surface area contributed by atoms with Crippen molar-refractivity contribution in [2.75, 3.05) is 19.6 Å². The van der Waals surface area contributed by atoms with Gasteiger partial charge in [-0.1, -0.05) is 18.2 Å². The fourth-order valence-corrected chi connectivity index (χ4v) is 4.69. The average molecular weight is 479 g/mol. The second-order valence-electron chi connectivity index (χ2n) is 10.2. The molecule has 5 rings (SSSR count). The molecule has 4 heterocycles. The maximum absolute atomic E-state index is 13.3. The van der Waals surface area contributed by atoms with E-state index in [-0.39, 0.29) is 17.9 Å². The van der Waals surface area contributed by atoms with Crippen LogP contribution in [0.5, 0.6) is 0 Å². The van der Waals surface area contributed by atoms with Crippen LogP contribution in [0.25, 0.3) is 10.9 Å². The summed E-state index contributed by atoms with van der Waals surface area (Å²) < 4.78 is 5.32. The zero-order chi connectivity index (χ0) is 24.7. The van der Waals surface area contributed by atoms with Gasteiger partial charge >= 0.3 is 6.09 Å². The topological polar surface area (TPSA) is 123 Å². The number of likely N-dealkylation sites (tertiary alicyclic amines) is 1. The summed E-state index contributed by atoms with van der Waals surface area (Å²) in [6, 6.07) is 9.45. The van der Waals surface area contributed by atoms with Crippen molar-refractivity contribution in [3.05, 3.63) is 53.0 Å². The number of hydrogen-bond donors (Lipinski definition) is 3. The van der Waals surface area contributed by atoms with Crippen molar-refractivity contribution in [2.45, 2.75) is 51.8 Å². The lowest BCUT2D eigenvalue weighted by Crippen LogP contribution is -2.41. The molecule has 0 spiro atoms. The molecule has 1 fully saturated rings. The summed E-state index contributed by atoms with van der Waals surface area (Å²) in [5.41, 5.74) is 2.85. The van der Waals surface area contributed by atoms with Crippen molar-refractivity contribution >= 4 is 28.8 Å². The molecule has 184 valence electrons. The number of hydrogen-bond acceptors (Lipinski definition) is 5. The van der Waals surface area contributed by atoms with Crippen molar-refractivity contribution in [3.8, 4) is 0 Å². The van der Waals surface area contributed by atoms with E-state index in [0.29, 0.717) is 50.4 Å². The highest BCUT2D eigenvalue weighted by Gasteiger charge is 2.34. The SMILES string of the molecule is CC(C)(C)OC(=O)N[C@@H]1CCN(C(=O)c2n[nH]c3c2CN(C(=O)c2cc4ccccc4[nH]2)CC3)C1. The normalized spacial score (nSPS) is 18.0. The van der Waals surface area contributed by atoms with Crippen LogP contribution in [0, 0.1) is 0 Å². The lowest BCUT2D eigenvalue weighted by atomic mass is 10.0. The van der Waals surface area contributed by atoms with Crippen molar-refractivity contribution in [2.24, 2.45) is 0 Å². The molecule has 0 unspecified atom stereocenters. The quantitative estimate of drug-likeness (QED) is 0.534. The Morgan fingerprint density at radius 2 is 1.91 bits per heavy atom. The maximum atomic E-state index is 13.3. The predicted molar refractivity (Wildman–Crippen MR) is 129 cm³/mol. The van der Waals surface area contributed by atoms with E-state index >= 15 is 0 Å². The molecule has 2 aromatic heterocycles. The third kappa shape index (κ3) is 4.73. The molecular weight excluding hydrogens is 448 g/mol. The first kappa shape index (κ1) is 22.9. The molecule has 2 aliphatic heterocycles. The Labute approximate surface area is 203 Å². The van der Waals surface area contributed by atoms with Gasteiger partial charge in [0, 0.05) is 48.2 Å². The minimum atomic E-state index is -0.581. The number of nitrogens with one attached hydrogen (secondary N) is 3. The van der Waals surface area contributed by atoms with E-state index in [1.165, 1.54) is 0 Å². The highest BCUT2D eigenvalue weighted by molar-refractivity contribution is 5.99. The summed E-state index contributed by atoms with van der Waals surface area (Å²) in [5, 5.41) is 11.1. The number of amides is 3. The number of aromatic amines is 2. The van der Waals surface area contributed by atoms with Gasteiger partial charge in [0.25, 0.3) is 11.8 Å². The molecule has 1 aromatic carbocycles. The van der Waals surface area contributed by atoms with Crippen LogP contribution >= 0.6 is 0 Å². The number of benzene rings is 1. The van der Waals surface area contributed by atoms with Gasteiger partial charge in [-0.3, -0.25) is 14.7 Å². The maximum Gasteiger partial charge on any atom is 0.407 e. The van der Waals surface area contributed by atoms with Crippen LogP contribution in [0.4, 0.5) is 4.79 Å². The zero-order valence-corrected chi connectivity index (χ0v) is 20.2. The Morgan fingerprint density at radius 3 is 2.69 bits per heavy atom. The fraction of sp³-hybridized carbons (Fsp3) is 0.440. The number of rotatable bonds is 3. The third-order valence-electron chi connectivity index (χ3n) is 6.38. The highest BCUT2D eigenvalue weighted by atomic mass is 16.6. The summed E-state index contributed by atoms with van der Waals surface area (Å²) in [4.78, 5) is 45.2. The van der Waals surface area contributed by atoms with Gasteiger partial charge in [-0.15, -0.1) is 0 Å². The van der Waals surface area contributed by atoms with Crippen molar-refractivity contribution in [3.63, 3.8) is 0 Å². The molecule has 3 aromatic rings. The van der Waals surface area contributed by atoms with Crippen molar-refractivity contribution < 1.29 is 19.1 Å². The standard InChI is InChI=1S/C25H30N6O4/c1-25(2,3)35-24(34)26-16-8-10-30(13-16)23(33)21-17-14-31(11-9-19(17)28-29-21)22(32)20-12-15-6-4-5-7-18(15)27-20/h4-7,12,16,27H,8-11,13-14H2,1-3H3,(H,26,34)(H,28,29)/t16-/m1/s1. The molecule has 35 heavy (non-hydrogen) atoms. The number of carbonyl (C=O) groups excluding carboxylic acids is 3. The average Bonchev–Trinajstić information content (AvgIpc) is 3.54. The van der Waals surface area contributed by atoms with E-state index in [0.717, 1.165) is 22.2 Å². The van der Waals surface area contributed by atoms with Gasteiger partial charge in [-0.25, -0.2) is 4.79 Å². The minimum Gasteiger partial charge on any atom is -0.444 e. The first-order valence-electron chi connectivity index (χ1n) is 11.9. The Bertz CT molecular complexity index is 1250. The lowest BCUT2D eigenvalue weighted by Gasteiger charge is -2.27. The van der Waals surface area contributed by atoms with Gasteiger partial charge in [0.2, 0.25) is 0 Å². The molecule has 2 aliphatic rings. The number of nitrogens with zero attached hydrogens (tertiary/aromatic N) is 3. The Morgan fingerprint density at radius 1 is 1.11 bits per heavy atom. The molecule has 0 saturated carbocycles. The molecule has 3 N–H and O–H groups in total. The molecular formula is C25H30N6O4. The first-order chi connectivity index (χ1) is 16.7. The Kier molecular flexibility index (Phi) is 5.74. The molecule has 1 saturated heterocycles. The minimum absolute atomic E-state index is 0.103. The number of H-pyrrole nitrogens is 2. The summed E-state index contributed by atoms with van der Waals surface area (Å²) in [6.45, 7) is 7.19. The predicted octanol–water partition coefficient (Wildman–Crippen LogP) is 2.83.